The number of urea groups is 1. The number of hydrogen-bond donors (Lipinski definition) is 3. The van der Waals surface area contributed by atoms with Crippen molar-refractivity contribution in [2.75, 3.05) is 6.54 Å². The first kappa shape index (κ1) is 11.8. The maximum atomic E-state index is 11.3. The zero-order chi connectivity index (χ0) is 11.3. The van der Waals surface area contributed by atoms with Gasteiger partial charge >= 0.3 is 6.03 Å². The van der Waals surface area contributed by atoms with E-state index in [1.54, 1.807) is 0 Å². The Bertz CT molecular complexity index is 239. The van der Waals surface area contributed by atoms with Crippen LogP contribution in [0.25, 0.3) is 0 Å². The van der Waals surface area contributed by atoms with Crippen molar-refractivity contribution in [2.24, 2.45) is 0 Å². The molecule has 1 aliphatic carbocycles. The van der Waals surface area contributed by atoms with E-state index in [0.29, 0.717) is 6.04 Å². The molecule has 0 aromatic rings. The van der Waals surface area contributed by atoms with Gasteiger partial charge in [-0.2, -0.15) is 0 Å². The molecule has 86 valence electrons. The third-order valence-corrected chi connectivity index (χ3v) is 2.34. The molecule has 1 unspecified atom stereocenters. The van der Waals surface area contributed by atoms with Gasteiger partial charge in [-0.25, -0.2) is 4.79 Å². The maximum Gasteiger partial charge on any atom is 0.315 e. The summed E-state index contributed by atoms with van der Waals surface area (Å²) in [5.41, 5.74) is 0. The van der Waals surface area contributed by atoms with E-state index in [4.69, 9.17) is 0 Å². The molecule has 15 heavy (non-hydrogen) atoms. The maximum absolute atomic E-state index is 11.3. The highest BCUT2D eigenvalue weighted by atomic mass is 16.2. The molecule has 1 atom stereocenters. The van der Waals surface area contributed by atoms with Crippen molar-refractivity contribution < 1.29 is 9.59 Å². The summed E-state index contributed by atoms with van der Waals surface area (Å²) in [5.74, 6) is -0.143. The van der Waals surface area contributed by atoms with Gasteiger partial charge < -0.3 is 16.0 Å². The van der Waals surface area contributed by atoms with Crippen molar-refractivity contribution in [3.63, 3.8) is 0 Å². The van der Waals surface area contributed by atoms with Crippen LogP contribution in [-0.4, -0.2) is 30.6 Å². The van der Waals surface area contributed by atoms with Crippen molar-refractivity contribution in [1.82, 2.24) is 16.0 Å². The Morgan fingerprint density at radius 1 is 1.40 bits per heavy atom. The molecule has 1 saturated carbocycles. The van der Waals surface area contributed by atoms with Crippen LogP contribution in [0, 0.1) is 0 Å². The third kappa shape index (κ3) is 5.24. The Labute approximate surface area is 90.0 Å². The molecule has 0 aromatic carbocycles. The van der Waals surface area contributed by atoms with E-state index in [1.165, 1.54) is 0 Å². The van der Waals surface area contributed by atoms with Crippen molar-refractivity contribution in [1.29, 1.82) is 0 Å². The van der Waals surface area contributed by atoms with Crippen molar-refractivity contribution in [3.05, 3.63) is 0 Å². The standard InChI is InChI=1S/C10H19N3O2/c1-3-7(2)12-9(14)6-11-10(15)13-8-4-5-8/h7-8H,3-6H2,1-2H3,(H,12,14)(H2,11,13,15). The molecule has 5 nitrogen and oxygen atoms in total. The minimum Gasteiger partial charge on any atom is -0.352 e. The predicted molar refractivity (Wildman–Crippen MR) is 57.5 cm³/mol. The highest BCUT2D eigenvalue weighted by Gasteiger charge is 2.23. The van der Waals surface area contributed by atoms with Crippen LogP contribution in [0.1, 0.15) is 33.1 Å². The van der Waals surface area contributed by atoms with Crippen molar-refractivity contribution in [2.45, 2.75) is 45.2 Å². The lowest BCUT2D eigenvalue weighted by atomic mass is 10.2. The fourth-order valence-corrected chi connectivity index (χ4v) is 1.05. The summed E-state index contributed by atoms with van der Waals surface area (Å²) in [6, 6.07) is 0.227. The monoisotopic (exact) mass is 213 g/mol. The van der Waals surface area contributed by atoms with E-state index in [9.17, 15) is 9.59 Å². The molecule has 0 aromatic heterocycles. The first-order valence-corrected chi connectivity index (χ1v) is 5.45. The zero-order valence-corrected chi connectivity index (χ0v) is 9.30. The Morgan fingerprint density at radius 2 is 2.07 bits per heavy atom. The summed E-state index contributed by atoms with van der Waals surface area (Å²) in [4.78, 5) is 22.4. The summed E-state index contributed by atoms with van der Waals surface area (Å²) in [6.07, 6.45) is 2.99. The van der Waals surface area contributed by atoms with Gasteiger partial charge in [0.2, 0.25) is 5.91 Å². The van der Waals surface area contributed by atoms with Crippen LogP contribution in [0.2, 0.25) is 0 Å². The first-order chi connectivity index (χ1) is 7.11. The quantitative estimate of drug-likeness (QED) is 0.617. The lowest BCUT2D eigenvalue weighted by Crippen LogP contribution is -2.44. The Morgan fingerprint density at radius 3 is 2.60 bits per heavy atom. The van der Waals surface area contributed by atoms with Gasteiger partial charge in [0.1, 0.15) is 0 Å². The first-order valence-electron chi connectivity index (χ1n) is 5.45. The van der Waals surface area contributed by atoms with Crippen LogP contribution in [0.5, 0.6) is 0 Å². The molecule has 3 N–H and O–H groups in total. The topological polar surface area (TPSA) is 70.2 Å². The van der Waals surface area contributed by atoms with Crippen molar-refractivity contribution in [3.8, 4) is 0 Å². The molecular formula is C10H19N3O2. The lowest BCUT2D eigenvalue weighted by molar-refractivity contribution is -0.120. The van der Waals surface area contributed by atoms with Crippen LogP contribution in [0.4, 0.5) is 4.79 Å². The van der Waals surface area contributed by atoms with Crippen LogP contribution in [0.3, 0.4) is 0 Å². The summed E-state index contributed by atoms with van der Waals surface area (Å²) in [7, 11) is 0. The number of rotatable bonds is 5. The molecule has 0 bridgehead atoms. The number of hydrogen-bond acceptors (Lipinski definition) is 2. The number of amides is 3. The smallest absolute Gasteiger partial charge is 0.315 e. The SMILES string of the molecule is CCC(C)NC(=O)CNC(=O)NC1CC1. The minimum absolute atomic E-state index is 0.0445. The lowest BCUT2D eigenvalue weighted by Gasteiger charge is -2.12. The van der Waals surface area contributed by atoms with Crippen LogP contribution in [-0.2, 0) is 4.79 Å². The zero-order valence-electron chi connectivity index (χ0n) is 9.30. The highest BCUT2D eigenvalue weighted by Crippen LogP contribution is 2.17. The fourth-order valence-electron chi connectivity index (χ4n) is 1.05. The normalized spacial score (nSPS) is 16.7. The summed E-state index contributed by atoms with van der Waals surface area (Å²) >= 11 is 0. The average molecular weight is 213 g/mol. The van der Waals surface area contributed by atoms with Crippen LogP contribution < -0.4 is 16.0 Å². The summed E-state index contributed by atoms with van der Waals surface area (Å²) in [5, 5.41) is 8.04. The molecule has 0 aliphatic heterocycles. The van der Waals surface area contributed by atoms with Gasteiger partial charge in [-0.15, -0.1) is 0 Å². The average Bonchev–Trinajstić information content (AvgIpc) is 2.98. The minimum atomic E-state index is -0.253. The molecule has 5 heteroatoms. The largest absolute Gasteiger partial charge is 0.352 e. The van der Waals surface area contributed by atoms with Gasteiger partial charge in [0.25, 0.3) is 0 Å². The van der Waals surface area contributed by atoms with Crippen LogP contribution >= 0.6 is 0 Å². The molecule has 0 saturated heterocycles. The summed E-state index contributed by atoms with van der Waals surface area (Å²) < 4.78 is 0. The highest BCUT2D eigenvalue weighted by molar-refractivity contribution is 5.84. The molecule has 0 radical (unpaired) electrons. The van der Waals surface area contributed by atoms with Gasteiger partial charge in [0.05, 0.1) is 6.54 Å². The van der Waals surface area contributed by atoms with Crippen molar-refractivity contribution >= 4 is 11.9 Å². The van der Waals surface area contributed by atoms with Gasteiger partial charge in [-0.1, -0.05) is 6.92 Å². The number of carbonyl (C=O) groups is 2. The molecule has 0 heterocycles. The van der Waals surface area contributed by atoms with Crippen LogP contribution in [0.15, 0.2) is 0 Å². The van der Waals surface area contributed by atoms with E-state index in [2.05, 4.69) is 16.0 Å². The van der Waals surface area contributed by atoms with Gasteiger partial charge in [-0.3, -0.25) is 4.79 Å². The molecule has 1 rings (SSSR count). The van der Waals surface area contributed by atoms with E-state index in [1.807, 2.05) is 13.8 Å². The number of carbonyl (C=O) groups excluding carboxylic acids is 2. The second kappa shape index (κ2) is 5.58. The Hall–Kier alpha value is -1.26. The second-order valence-corrected chi connectivity index (χ2v) is 3.98. The third-order valence-electron chi connectivity index (χ3n) is 2.34. The van der Waals surface area contributed by atoms with Gasteiger partial charge in [-0.05, 0) is 26.2 Å². The molecular weight excluding hydrogens is 194 g/mol. The Kier molecular flexibility index (Phi) is 4.39. The van der Waals surface area contributed by atoms with E-state index >= 15 is 0 Å². The van der Waals surface area contributed by atoms with Gasteiger partial charge in [0, 0.05) is 12.1 Å². The molecule has 3 amide bonds. The summed E-state index contributed by atoms with van der Waals surface area (Å²) in [6.45, 7) is 3.98. The molecule has 1 aliphatic rings. The molecule has 1 fully saturated rings. The second-order valence-electron chi connectivity index (χ2n) is 3.98. The molecule has 0 spiro atoms. The van der Waals surface area contributed by atoms with E-state index < -0.39 is 0 Å². The fraction of sp³-hybridized carbons (Fsp3) is 0.800. The van der Waals surface area contributed by atoms with Gasteiger partial charge in [0.15, 0.2) is 0 Å². The number of nitrogens with one attached hydrogen (secondary N) is 3. The van der Waals surface area contributed by atoms with E-state index in [0.717, 1.165) is 19.3 Å². The predicted octanol–water partition coefficient (Wildman–Crippen LogP) is 0.363. The Balaban J connectivity index is 2.06. The van der Waals surface area contributed by atoms with E-state index in [-0.39, 0.29) is 24.5 Å².